The topological polar surface area (TPSA) is 72.1 Å². The Labute approximate surface area is 175 Å². The van der Waals surface area contributed by atoms with E-state index in [0.29, 0.717) is 25.5 Å². The lowest BCUT2D eigenvalue weighted by Crippen LogP contribution is -2.32. The van der Waals surface area contributed by atoms with Crippen LogP contribution in [0.4, 0.5) is 0 Å². The van der Waals surface area contributed by atoms with Crippen LogP contribution in [0.5, 0.6) is 11.5 Å². The van der Waals surface area contributed by atoms with Gasteiger partial charge in [0, 0.05) is 37.1 Å². The molecule has 7 heteroatoms. The zero-order valence-corrected chi connectivity index (χ0v) is 17.3. The first-order chi connectivity index (χ1) is 14.6. The summed E-state index contributed by atoms with van der Waals surface area (Å²) in [5.74, 6) is 1.46. The fourth-order valence-electron chi connectivity index (χ4n) is 4.17. The van der Waals surface area contributed by atoms with Gasteiger partial charge in [0.05, 0.1) is 11.8 Å². The van der Waals surface area contributed by atoms with Crippen LogP contribution >= 0.6 is 0 Å². The quantitative estimate of drug-likeness (QED) is 0.718. The van der Waals surface area contributed by atoms with Crippen molar-refractivity contribution in [1.82, 2.24) is 19.5 Å². The number of aliphatic hydroxyl groups is 1. The summed E-state index contributed by atoms with van der Waals surface area (Å²) in [6.07, 6.45) is 2.54. The second-order valence-corrected chi connectivity index (χ2v) is 8.00. The molecular weight excluding hydrogens is 380 g/mol. The summed E-state index contributed by atoms with van der Waals surface area (Å²) < 4.78 is 13.1. The molecule has 2 aromatic heterocycles. The zero-order valence-electron chi connectivity index (χ0n) is 17.3. The van der Waals surface area contributed by atoms with Crippen molar-refractivity contribution in [3.63, 3.8) is 0 Å². The van der Waals surface area contributed by atoms with Gasteiger partial charge in [-0.15, -0.1) is 0 Å². The Kier molecular flexibility index (Phi) is 4.92. The molecule has 0 radical (unpaired) electrons. The minimum absolute atomic E-state index is 0.546. The first-order valence-electron chi connectivity index (χ1n) is 10.4. The minimum Gasteiger partial charge on any atom is -0.486 e. The van der Waals surface area contributed by atoms with Gasteiger partial charge in [-0.05, 0) is 49.6 Å². The molecule has 0 fully saturated rings. The molecule has 1 N–H and O–H groups in total. The van der Waals surface area contributed by atoms with Crippen molar-refractivity contribution in [3.05, 3.63) is 59.1 Å². The molecule has 7 nitrogen and oxygen atoms in total. The summed E-state index contributed by atoms with van der Waals surface area (Å²) in [4.78, 5) is 6.84. The predicted octanol–water partition coefficient (Wildman–Crippen LogP) is 2.94. The van der Waals surface area contributed by atoms with E-state index >= 15 is 0 Å². The Morgan fingerprint density at radius 2 is 1.93 bits per heavy atom. The standard InChI is InChI=1S/C23H26N4O3/c1-15-11-16(2)27-23(24-15)13-19(25-27)17-5-7-26(8-6-17)14-20(28)18-3-4-21-22(12-18)30-10-9-29-21/h3-5,11-13,20,28H,6-10,14H2,1-2H3/t20-/m1/s1. The molecule has 0 amide bonds. The van der Waals surface area contributed by atoms with E-state index < -0.39 is 6.10 Å². The number of aliphatic hydroxyl groups excluding tert-OH is 1. The maximum Gasteiger partial charge on any atom is 0.161 e. The van der Waals surface area contributed by atoms with Crippen LogP contribution in [-0.4, -0.2) is 57.5 Å². The van der Waals surface area contributed by atoms with Gasteiger partial charge in [-0.1, -0.05) is 12.1 Å². The molecule has 1 aromatic carbocycles. The summed E-state index contributed by atoms with van der Waals surface area (Å²) >= 11 is 0. The second kappa shape index (κ2) is 7.74. The number of hydrogen-bond acceptors (Lipinski definition) is 6. The van der Waals surface area contributed by atoms with Crippen molar-refractivity contribution in [2.45, 2.75) is 26.4 Å². The van der Waals surface area contributed by atoms with E-state index in [-0.39, 0.29) is 0 Å². The third-order valence-corrected chi connectivity index (χ3v) is 5.74. The Morgan fingerprint density at radius 3 is 2.73 bits per heavy atom. The number of nitrogens with zero attached hydrogens (tertiary/aromatic N) is 4. The van der Waals surface area contributed by atoms with E-state index in [0.717, 1.165) is 53.6 Å². The fraction of sp³-hybridized carbons (Fsp3) is 0.391. The minimum atomic E-state index is -0.569. The van der Waals surface area contributed by atoms with Gasteiger partial charge in [0.25, 0.3) is 0 Å². The van der Waals surface area contributed by atoms with E-state index in [9.17, 15) is 5.11 Å². The van der Waals surface area contributed by atoms with Crippen molar-refractivity contribution in [2.24, 2.45) is 0 Å². The molecule has 2 aliphatic rings. The number of rotatable bonds is 4. The highest BCUT2D eigenvalue weighted by molar-refractivity contribution is 5.67. The van der Waals surface area contributed by atoms with Crippen LogP contribution in [0.15, 0.2) is 36.4 Å². The van der Waals surface area contributed by atoms with Crippen molar-refractivity contribution in [3.8, 4) is 11.5 Å². The van der Waals surface area contributed by atoms with Gasteiger partial charge in [0.2, 0.25) is 0 Å². The van der Waals surface area contributed by atoms with Crippen molar-refractivity contribution in [2.75, 3.05) is 32.8 Å². The van der Waals surface area contributed by atoms with Crippen molar-refractivity contribution in [1.29, 1.82) is 0 Å². The number of aryl methyl sites for hydroxylation is 2. The van der Waals surface area contributed by atoms with Gasteiger partial charge >= 0.3 is 0 Å². The Bertz CT molecular complexity index is 1120. The lowest BCUT2D eigenvalue weighted by atomic mass is 10.0. The zero-order chi connectivity index (χ0) is 20.7. The van der Waals surface area contributed by atoms with Gasteiger partial charge in [0.15, 0.2) is 17.1 Å². The first kappa shape index (κ1) is 19.1. The largest absolute Gasteiger partial charge is 0.486 e. The number of aromatic nitrogens is 3. The molecule has 5 rings (SSSR count). The maximum absolute atomic E-state index is 10.7. The number of hydrogen-bond donors (Lipinski definition) is 1. The molecule has 30 heavy (non-hydrogen) atoms. The molecule has 0 bridgehead atoms. The molecule has 0 saturated heterocycles. The molecule has 156 valence electrons. The Hall–Kier alpha value is -2.90. The van der Waals surface area contributed by atoms with Crippen LogP contribution in [0.1, 0.15) is 35.2 Å². The number of benzene rings is 1. The average molecular weight is 406 g/mol. The molecule has 0 saturated carbocycles. The van der Waals surface area contributed by atoms with Gasteiger partial charge in [-0.2, -0.15) is 5.10 Å². The summed E-state index contributed by atoms with van der Waals surface area (Å²) in [5.41, 5.74) is 6.06. The molecule has 4 heterocycles. The van der Waals surface area contributed by atoms with Crippen molar-refractivity contribution >= 4 is 11.2 Å². The van der Waals surface area contributed by atoms with Crippen LogP contribution < -0.4 is 9.47 Å². The predicted molar refractivity (Wildman–Crippen MR) is 114 cm³/mol. The number of ether oxygens (including phenoxy) is 2. The monoisotopic (exact) mass is 406 g/mol. The van der Waals surface area contributed by atoms with Crippen LogP contribution in [0.25, 0.3) is 11.2 Å². The molecule has 3 aromatic rings. The molecule has 0 aliphatic carbocycles. The number of β-amino-alcohol motifs (C(OH)–C–C–N with tert-alkyl or cyclic N) is 1. The summed E-state index contributed by atoms with van der Waals surface area (Å²) in [5, 5.41) is 15.5. The fourth-order valence-corrected chi connectivity index (χ4v) is 4.17. The highest BCUT2D eigenvalue weighted by Crippen LogP contribution is 2.33. The smallest absolute Gasteiger partial charge is 0.161 e. The van der Waals surface area contributed by atoms with Gasteiger partial charge in [-0.25, -0.2) is 9.50 Å². The highest BCUT2D eigenvalue weighted by Gasteiger charge is 2.21. The Morgan fingerprint density at radius 1 is 1.10 bits per heavy atom. The highest BCUT2D eigenvalue weighted by atomic mass is 16.6. The van der Waals surface area contributed by atoms with Crippen LogP contribution in [0.3, 0.4) is 0 Å². The summed E-state index contributed by atoms with van der Waals surface area (Å²) in [6.45, 7) is 7.42. The lowest BCUT2D eigenvalue weighted by Gasteiger charge is -2.28. The van der Waals surface area contributed by atoms with E-state index in [2.05, 4.69) is 29.0 Å². The van der Waals surface area contributed by atoms with Crippen LogP contribution in [0, 0.1) is 13.8 Å². The molecule has 1 atom stereocenters. The molecular formula is C23H26N4O3. The van der Waals surface area contributed by atoms with Gasteiger partial charge in [0.1, 0.15) is 13.2 Å². The average Bonchev–Trinajstić information content (AvgIpc) is 3.18. The van der Waals surface area contributed by atoms with Crippen LogP contribution in [0.2, 0.25) is 0 Å². The third kappa shape index (κ3) is 3.66. The normalized spacial score (nSPS) is 17.8. The first-order valence-corrected chi connectivity index (χ1v) is 10.4. The summed E-state index contributed by atoms with van der Waals surface area (Å²) in [6, 6.07) is 9.78. The van der Waals surface area contributed by atoms with E-state index in [4.69, 9.17) is 14.6 Å². The molecule has 0 spiro atoms. The molecule has 0 unspecified atom stereocenters. The second-order valence-electron chi connectivity index (χ2n) is 8.00. The van der Waals surface area contributed by atoms with Crippen LogP contribution in [-0.2, 0) is 0 Å². The van der Waals surface area contributed by atoms with E-state index in [1.165, 1.54) is 5.57 Å². The lowest BCUT2D eigenvalue weighted by molar-refractivity contribution is 0.118. The van der Waals surface area contributed by atoms with Gasteiger partial charge < -0.3 is 14.6 Å². The van der Waals surface area contributed by atoms with Gasteiger partial charge in [-0.3, -0.25) is 4.90 Å². The summed E-state index contributed by atoms with van der Waals surface area (Å²) in [7, 11) is 0. The van der Waals surface area contributed by atoms with Crippen molar-refractivity contribution < 1.29 is 14.6 Å². The third-order valence-electron chi connectivity index (χ3n) is 5.74. The maximum atomic E-state index is 10.7. The van der Waals surface area contributed by atoms with E-state index in [1.54, 1.807) is 0 Å². The van der Waals surface area contributed by atoms with E-state index in [1.807, 2.05) is 35.7 Å². The SMILES string of the molecule is Cc1cc(C)n2nc(C3=CCN(C[C@@H](O)c4ccc5c(c4)OCCO5)CC3)cc2n1. The Balaban J connectivity index is 1.27. The number of fused-ring (bicyclic) bond motifs is 2. The molecule has 2 aliphatic heterocycles.